The molecular formula is C37H13BF20N2O2. The zero-order chi connectivity index (χ0) is 46.4. The standard InChI is InChI=1S/C24BF20.C13H13N2O2/c26-5-1(6(27)14(35)21(42)13(5)34)25(2-7(28)15(36)22(43)16(37)8(2)29,3-9(30)17(38)23(44)18(39)10(3)31)4-11(32)19(40)24(45)20(41)12(4)33;1-17-13(16)12-5-3-2-4-11(12)10-15-8-6-14-7-9-15/h;2-9H,10H2,1H3/q-1;+1. The van der Waals surface area contributed by atoms with Crippen LogP contribution in [-0.4, -0.2) is 24.2 Å². The van der Waals surface area contributed by atoms with Crippen molar-refractivity contribution in [1.82, 2.24) is 4.98 Å². The molecule has 25 heteroatoms. The highest BCUT2D eigenvalue weighted by Gasteiger charge is 2.52. The van der Waals surface area contributed by atoms with Crippen LogP contribution < -0.4 is 26.4 Å². The number of ether oxygens (including phenoxy) is 1. The lowest BCUT2D eigenvalue weighted by Crippen LogP contribution is -2.81. The third-order valence-electron chi connectivity index (χ3n) is 9.17. The fourth-order valence-corrected chi connectivity index (χ4v) is 6.49. The van der Waals surface area contributed by atoms with E-state index in [2.05, 4.69) is 4.98 Å². The first-order chi connectivity index (χ1) is 29.0. The average molecular weight is 908 g/mol. The molecule has 0 N–H and O–H groups in total. The fourth-order valence-electron chi connectivity index (χ4n) is 6.49. The maximum absolute atomic E-state index is 15.4. The Labute approximate surface area is 331 Å². The maximum Gasteiger partial charge on any atom is 0.338 e. The van der Waals surface area contributed by atoms with E-state index in [0.29, 0.717) is 12.1 Å². The number of nitrogens with zero attached hydrogens (tertiary/aromatic N) is 2. The summed E-state index contributed by atoms with van der Waals surface area (Å²) in [6.45, 7) is 0.619. The minimum absolute atomic E-state index is 0.310. The molecule has 0 aliphatic rings. The summed E-state index contributed by atoms with van der Waals surface area (Å²) in [5, 5.41) is 0. The Hall–Kier alpha value is -6.69. The summed E-state index contributed by atoms with van der Waals surface area (Å²) in [7, 11) is 1.39. The number of aromatic nitrogens is 2. The van der Waals surface area contributed by atoms with E-state index in [4.69, 9.17) is 4.74 Å². The van der Waals surface area contributed by atoms with Crippen LogP contribution in [0.5, 0.6) is 0 Å². The molecule has 6 aromatic rings. The molecule has 1 heterocycles. The van der Waals surface area contributed by atoms with Gasteiger partial charge in [-0.3, -0.25) is 4.98 Å². The van der Waals surface area contributed by atoms with Crippen LogP contribution in [0.1, 0.15) is 15.9 Å². The van der Waals surface area contributed by atoms with Crippen LogP contribution in [0.2, 0.25) is 0 Å². The Morgan fingerprint density at radius 1 is 0.452 bits per heavy atom. The number of esters is 1. The molecule has 0 bridgehead atoms. The molecule has 0 spiro atoms. The van der Waals surface area contributed by atoms with Gasteiger partial charge < -0.3 is 4.74 Å². The van der Waals surface area contributed by atoms with Crippen LogP contribution in [-0.2, 0) is 11.3 Å². The van der Waals surface area contributed by atoms with Gasteiger partial charge in [0.15, 0.2) is 88.7 Å². The summed E-state index contributed by atoms with van der Waals surface area (Å²) in [6.07, 6.45) is -0.0884. The fraction of sp³-hybridized carbons (Fsp3) is 0.0541. The van der Waals surface area contributed by atoms with Crippen molar-refractivity contribution in [1.29, 1.82) is 0 Å². The summed E-state index contributed by atoms with van der Waals surface area (Å²) in [5.74, 6) is -71.7. The van der Waals surface area contributed by atoms with Gasteiger partial charge in [0, 0.05) is 5.56 Å². The van der Waals surface area contributed by atoms with E-state index in [1.54, 1.807) is 18.5 Å². The maximum atomic E-state index is 15.4. The number of carbonyl (C=O) groups excluding carboxylic acids is 1. The molecule has 0 unspecified atom stereocenters. The zero-order valence-corrected chi connectivity index (χ0v) is 29.7. The molecule has 0 saturated heterocycles. The zero-order valence-electron chi connectivity index (χ0n) is 29.7. The Kier molecular flexibility index (Phi) is 13.0. The van der Waals surface area contributed by atoms with E-state index in [1.807, 2.05) is 35.2 Å². The number of carbonyl (C=O) groups is 1. The molecule has 5 aromatic carbocycles. The second kappa shape index (κ2) is 17.4. The van der Waals surface area contributed by atoms with E-state index in [0.717, 1.165) is 5.56 Å². The van der Waals surface area contributed by atoms with Gasteiger partial charge in [0.25, 0.3) is 0 Å². The SMILES string of the molecule is COC(=O)c1ccccc1C[n+]1ccncc1.Fc1c(F)c(F)c([B-](c2c(F)c(F)c(F)c(F)c2F)(c2c(F)c(F)c(F)c(F)c2F)c2c(F)c(F)c(F)c(F)c2F)c(F)c1F. The third-order valence-corrected chi connectivity index (χ3v) is 9.17. The second-order valence-electron chi connectivity index (χ2n) is 12.4. The summed E-state index contributed by atoms with van der Waals surface area (Å²) in [5.41, 5.74) is -12.8. The summed E-state index contributed by atoms with van der Waals surface area (Å²) < 4.78 is 301. The van der Waals surface area contributed by atoms with Crippen molar-refractivity contribution in [3.8, 4) is 0 Å². The van der Waals surface area contributed by atoms with Crippen molar-refractivity contribution in [3.63, 3.8) is 0 Å². The highest BCUT2D eigenvalue weighted by atomic mass is 19.2. The Morgan fingerprint density at radius 3 is 0.984 bits per heavy atom. The van der Waals surface area contributed by atoms with E-state index < -0.39 is 144 Å². The number of benzene rings is 5. The summed E-state index contributed by atoms with van der Waals surface area (Å²) in [4.78, 5) is 15.5. The Morgan fingerprint density at radius 2 is 0.710 bits per heavy atom. The van der Waals surface area contributed by atoms with Gasteiger partial charge in [0.1, 0.15) is 52.7 Å². The normalized spacial score (nSPS) is 11.4. The molecular weight excluding hydrogens is 895 g/mol. The summed E-state index contributed by atoms with van der Waals surface area (Å²) in [6, 6.07) is 7.42. The highest BCUT2D eigenvalue weighted by molar-refractivity contribution is 7.20. The number of halogens is 20. The van der Waals surface area contributed by atoms with Gasteiger partial charge in [-0.1, -0.05) is 18.2 Å². The average Bonchev–Trinajstić information content (AvgIpc) is 3.26. The molecule has 6 rings (SSSR count). The number of methoxy groups -OCH3 is 1. The van der Waals surface area contributed by atoms with Crippen LogP contribution in [0.25, 0.3) is 0 Å². The predicted octanol–water partition coefficient (Wildman–Crippen LogP) is 7.05. The van der Waals surface area contributed by atoms with Crippen molar-refractivity contribution in [2.75, 3.05) is 7.11 Å². The van der Waals surface area contributed by atoms with E-state index >= 15 is 35.1 Å². The van der Waals surface area contributed by atoms with Crippen molar-refractivity contribution >= 4 is 34.0 Å². The lowest BCUT2D eigenvalue weighted by atomic mass is 9.12. The first-order valence-electron chi connectivity index (χ1n) is 16.2. The minimum atomic E-state index is -7.22. The van der Waals surface area contributed by atoms with Crippen LogP contribution in [0.4, 0.5) is 87.8 Å². The smallest absolute Gasteiger partial charge is 0.338 e. The molecule has 0 aliphatic heterocycles. The van der Waals surface area contributed by atoms with Crippen LogP contribution in [0.3, 0.4) is 0 Å². The molecule has 0 amide bonds. The minimum Gasteiger partial charge on any atom is -0.465 e. The van der Waals surface area contributed by atoms with Crippen molar-refractivity contribution in [2.45, 2.75) is 6.54 Å². The van der Waals surface area contributed by atoms with Crippen LogP contribution >= 0.6 is 0 Å². The van der Waals surface area contributed by atoms with Gasteiger partial charge in [-0.25, -0.2) is 92.6 Å². The largest absolute Gasteiger partial charge is 0.465 e. The molecule has 62 heavy (non-hydrogen) atoms. The Bertz CT molecular complexity index is 2410. The molecule has 0 aliphatic carbocycles. The van der Waals surface area contributed by atoms with Gasteiger partial charge in [-0.15, -0.1) is 21.9 Å². The molecule has 0 saturated carbocycles. The quantitative estimate of drug-likeness (QED) is 0.0431. The van der Waals surface area contributed by atoms with Gasteiger partial charge in [-0.05, 0) is 6.07 Å². The van der Waals surface area contributed by atoms with E-state index in [1.165, 1.54) is 7.11 Å². The lowest BCUT2D eigenvalue weighted by Gasteiger charge is -2.44. The second-order valence-corrected chi connectivity index (χ2v) is 12.4. The van der Waals surface area contributed by atoms with Crippen molar-refractivity contribution < 1.29 is 102 Å². The molecule has 1 aromatic heterocycles. The van der Waals surface area contributed by atoms with Crippen molar-refractivity contribution in [3.05, 3.63) is 177 Å². The molecule has 0 fully saturated rings. The van der Waals surface area contributed by atoms with Crippen molar-refractivity contribution in [2.24, 2.45) is 0 Å². The third kappa shape index (κ3) is 7.20. The van der Waals surface area contributed by atoms with Gasteiger partial charge in [-0.2, -0.15) is 4.57 Å². The van der Waals surface area contributed by atoms with E-state index in [-0.39, 0.29) is 5.97 Å². The van der Waals surface area contributed by atoms with Gasteiger partial charge >= 0.3 is 5.97 Å². The van der Waals surface area contributed by atoms with Gasteiger partial charge in [0.05, 0.1) is 25.1 Å². The molecule has 0 atom stereocenters. The Balaban J connectivity index is 0.000000355. The van der Waals surface area contributed by atoms with Crippen LogP contribution in [0, 0.1) is 116 Å². The number of hydrogen-bond acceptors (Lipinski definition) is 3. The first kappa shape index (κ1) is 46.4. The van der Waals surface area contributed by atoms with E-state index in [9.17, 15) is 57.5 Å². The summed E-state index contributed by atoms with van der Waals surface area (Å²) >= 11 is 0. The monoisotopic (exact) mass is 908 g/mol. The predicted molar refractivity (Wildman–Crippen MR) is 171 cm³/mol. The lowest BCUT2D eigenvalue weighted by molar-refractivity contribution is -0.688. The molecule has 4 nitrogen and oxygen atoms in total. The topological polar surface area (TPSA) is 43.1 Å². The van der Waals surface area contributed by atoms with Gasteiger partial charge in [0.2, 0.25) is 0 Å². The highest BCUT2D eigenvalue weighted by Crippen LogP contribution is 2.30. The molecule has 0 radical (unpaired) electrons. The molecule has 326 valence electrons. The number of hydrogen-bond donors (Lipinski definition) is 0. The number of rotatable bonds is 7. The first-order valence-corrected chi connectivity index (χ1v) is 16.2. The van der Waals surface area contributed by atoms with Crippen LogP contribution in [0.15, 0.2) is 49.1 Å².